The van der Waals surface area contributed by atoms with E-state index in [0.29, 0.717) is 24.3 Å². The summed E-state index contributed by atoms with van der Waals surface area (Å²) in [7, 11) is -10.4. The van der Waals surface area contributed by atoms with Crippen molar-refractivity contribution >= 4 is 81.5 Å². The summed E-state index contributed by atoms with van der Waals surface area (Å²) >= 11 is 0. The van der Waals surface area contributed by atoms with Gasteiger partial charge in [-0.1, -0.05) is 33.4 Å². The Kier molecular flexibility index (Phi) is 24.7. The zero-order valence-corrected chi connectivity index (χ0v) is 35.4. The third kappa shape index (κ3) is 23.9. The van der Waals surface area contributed by atoms with Gasteiger partial charge in [0.2, 0.25) is 17.7 Å². The normalized spacial score (nSPS) is 14.8. The average molecular weight is 958 g/mol. The van der Waals surface area contributed by atoms with Crippen molar-refractivity contribution < 1.29 is 95.8 Å². The largest absolute Gasteiger partial charge is 0.487 e. The van der Waals surface area contributed by atoms with Crippen LogP contribution in [0.3, 0.4) is 0 Å². The molecule has 0 aliphatic carbocycles. The topological polar surface area (TPSA) is 426 Å². The molecule has 32 heteroatoms. The Morgan fingerprint density at radius 3 is 2.17 bits per heavy atom. The molecule has 3 amide bonds. The van der Waals surface area contributed by atoms with Crippen molar-refractivity contribution in [3.63, 3.8) is 0 Å². The fourth-order valence-electron chi connectivity index (χ4n) is 4.15. The zero-order chi connectivity index (χ0) is 45.6. The van der Waals surface area contributed by atoms with Crippen LogP contribution in [0, 0.1) is 11.8 Å². The number of H-pyrrole nitrogens is 1. The Labute approximate surface area is 347 Å². The number of ether oxygens (including phenoxy) is 1. The van der Waals surface area contributed by atoms with E-state index in [2.05, 4.69) is 31.1 Å². The number of amides is 3. The molecule has 1 heterocycles. The summed E-state index contributed by atoms with van der Waals surface area (Å²) in [6, 6.07) is -3.47. The minimum Gasteiger partial charge on any atom is -0.481 e. The van der Waals surface area contributed by atoms with E-state index in [1.807, 2.05) is 10.3 Å². The number of unbranched alkanes of at least 4 members (excludes halogenated alkanes) is 1. The quantitative estimate of drug-likeness (QED) is 0.0175. The van der Waals surface area contributed by atoms with Gasteiger partial charge in [0.25, 0.3) is 5.56 Å². The average Bonchev–Trinajstić information content (AvgIpc) is 3.10. The molecule has 0 saturated heterocycles. The van der Waals surface area contributed by atoms with Gasteiger partial charge in [0.05, 0.1) is 32.5 Å². The molecule has 6 unspecified atom stereocenters. The third-order valence-electron chi connectivity index (χ3n) is 6.86. The van der Waals surface area contributed by atoms with Gasteiger partial charge in [-0.2, -0.15) is 4.31 Å². The van der Waals surface area contributed by atoms with Gasteiger partial charge >= 0.3 is 47.8 Å². The number of aromatic nitrogens is 2. The Morgan fingerprint density at radius 2 is 1.57 bits per heavy atom. The van der Waals surface area contributed by atoms with E-state index in [1.54, 1.807) is 0 Å². The molecule has 27 nitrogen and oxygen atoms in total. The maximum Gasteiger partial charge on any atom is 0.487 e. The van der Waals surface area contributed by atoms with E-state index < -0.39 is 116 Å². The fourth-order valence-corrected chi connectivity index (χ4v) is 8.92. The molecule has 0 spiro atoms. The molecule has 0 aromatic carbocycles. The van der Waals surface area contributed by atoms with E-state index in [4.69, 9.17) is 34.4 Å². The summed E-state index contributed by atoms with van der Waals surface area (Å²) in [5, 5.41) is 44.1. The first-order chi connectivity index (χ1) is 27.9. The van der Waals surface area contributed by atoms with Gasteiger partial charge in [0.1, 0.15) is 29.9 Å². The summed E-state index contributed by atoms with van der Waals surface area (Å²) in [6.07, 6.45) is -2.89. The standard InChI is InChI=1S/C28H42N5O22P3S2/c1-52-20(15-53-56(46)54-58(50,51)55-57(47,48)49)19(34)14-33-13-16(25(41)32-28(33)45)5-4-8-29-21(35)7-10-60-59-9-3-2-6-22(36)30-17(11-23(37)38)26(42)31-18(27(43)44)12-24(39)40/h13,17-20,34,46H,2-3,6-12,14-15H2,1H3,(H,29,35)(H,30,36)(H,31,42)(H,37,38)(H,39,40)(H,43,44)(H,50,51)(H,32,41,45)(H2,47,48,49). The lowest BCUT2D eigenvalue weighted by molar-refractivity contribution is -0.148. The number of phosphoric acid groups is 2. The van der Waals surface area contributed by atoms with E-state index in [0.717, 1.165) is 17.9 Å². The van der Waals surface area contributed by atoms with E-state index >= 15 is 0 Å². The number of carbonyl (C=O) groups excluding carboxylic acids is 3. The minimum atomic E-state index is -5.48. The second-order valence-corrected chi connectivity index (χ2v) is 18.3. The maximum absolute atomic E-state index is 12.4. The summed E-state index contributed by atoms with van der Waals surface area (Å²) in [6.45, 7) is -1.46. The van der Waals surface area contributed by atoms with Gasteiger partial charge in [-0.25, -0.2) is 23.0 Å². The Bertz CT molecular complexity index is 1940. The van der Waals surface area contributed by atoms with Crippen molar-refractivity contribution in [2.45, 2.75) is 69.4 Å². The summed E-state index contributed by atoms with van der Waals surface area (Å²) in [5.74, 6) is -0.907. The smallest absolute Gasteiger partial charge is 0.481 e. The highest BCUT2D eigenvalue weighted by Gasteiger charge is 2.36. The second kappa shape index (κ2) is 27.3. The van der Waals surface area contributed by atoms with Crippen molar-refractivity contribution in [3.8, 4) is 11.8 Å². The number of nitrogens with zero attached hydrogens (tertiary/aromatic N) is 1. The number of carboxylic acids is 3. The predicted octanol–water partition coefficient (Wildman–Crippen LogP) is -2.21. The first kappa shape index (κ1) is 54.3. The Morgan fingerprint density at radius 1 is 0.933 bits per heavy atom. The van der Waals surface area contributed by atoms with Crippen LogP contribution < -0.4 is 27.2 Å². The molecule has 0 aliphatic rings. The highest BCUT2D eigenvalue weighted by atomic mass is 33.1. The summed E-state index contributed by atoms with van der Waals surface area (Å²) in [5.41, 5.74) is -2.07. The number of hydrogen-bond donors (Lipinski definition) is 12. The molecule has 60 heavy (non-hydrogen) atoms. The monoisotopic (exact) mass is 957 g/mol. The van der Waals surface area contributed by atoms with E-state index in [9.17, 15) is 62.4 Å². The van der Waals surface area contributed by atoms with Crippen LogP contribution >= 0.6 is 45.8 Å². The van der Waals surface area contributed by atoms with Crippen LogP contribution in [-0.2, 0) is 62.3 Å². The molecule has 12 N–H and O–H groups in total. The number of rotatable bonds is 29. The lowest BCUT2D eigenvalue weighted by Gasteiger charge is -2.23. The first-order valence-electron chi connectivity index (χ1n) is 16.6. The molecular formula is C28H42N5O22P3S2. The van der Waals surface area contributed by atoms with Gasteiger partial charge in [-0.15, -0.1) is 0 Å². The van der Waals surface area contributed by atoms with Crippen molar-refractivity contribution in [2.75, 3.05) is 31.8 Å². The van der Waals surface area contributed by atoms with Gasteiger partial charge in [0, 0.05) is 37.7 Å². The minimum absolute atomic E-state index is 0.0858. The van der Waals surface area contributed by atoms with E-state index in [1.165, 1.54) is 21.6 Å². The van der Waals surface area contributed by atoms with Gasteiger partial charge < -0.3 is 65.2 Å². The fraction of sp³-hybridized carbons (Fsp3) is 0.571. The first-order valence-corrected chi connectivity index (χ1v) is 23.3. The van der Waals surface area contributed by atoms with Crippen LogP contribution in [0.1, 0.15) is 44.1 Å². The van der Waals surface area contributed by atoms with Crippen LogP contribution in [0.25, 0.3) is 0 Å². The van der Waals surface area contributed by atoms with Gasteiger partial charge in [-0.05, 0) is 12.8 Å². The van der Waals surface area contributed by atoms with Crippen LogP contribution in [0.15, 0.2) is 15.8 Å². The third-order valence-corrected chi connectivity index (χ3v) is 12.8. The van der Waals surface area contributed by atoms with Crippen LogP contribution in [0.4, 0.5) is 0 Å². The zero-order valence-electron chi connectivity index (χ0n) is 31.1. The number of carboxylic acid groups (broad SMARTS) is 3. The van der Waals surface area contributed by atoms with Gasteiger partial charge in [0.15, 0.2) is 0 Å². The molecule has 1 aromatic heterocycles. The molecule has 0 bridgehead atoms. The lowest BCUT2D eigenvalue weighted by Crippen LogP contribution is -2.52. The number of carbonyl (C=O) groups is 6. The molecule has 0 radical (unpaired) electrons. The van der Waals surface area contributed by atoms with Crippen molar-refractivity contribution in [2.24, 2.45) is 0 Å². The lowest BCUT2D eigenvalue weighted by atomic mass is 10.1. The molecule has 0 saturated carbocycles. The molecule has 1 aromatic rings. The van der Waals surface area contributed by atoms with Crippen molar-refractivity contribution in [1.29, 1.82) is 0 Å². The number of hydrogen-bond acceptors (Lipinski definition) is 18. The molecule has 338 valence electrons. The maximum atomic E-state index is 12.4. The second-order valence-electron chi connectivity index (χ2n) is 11.6. The summed E-state index contributed by atoms with van der Waals surface area (Å²) in [4.78, 5) is 133. The number of methoxy groups -OCH3 is 1. The number of nitrogens with one attached hydrogen (secondary N) is 4. The number of aliphatic carboxylic acids is 3. The highest BCUT2D eigenvalue weighted by Crippen LogP contribution is 2.63. The Hall–Kier alpha value is -3.71. The molecule has 0 fully saturated rings. The Balaban J connectivity index is 2.49. The molecular weight excluding hydrogens is 915 g/mol. The number of aromatic amines is 1. The van der Waals surface area contributed by atoms with Crippen molar-refractivity contribution in [1.82, 2.24) is 25.5 Å². The molecule has 6 atom stereocenters. The molecule has 1 rings (SSSR count). The van der Waals surface area contributed by atoms with E-state index in [-0.39, 0.29) is 30.9 Å². The highest BCUT2D eigenvalue weighted by molar-refractivity contribution is 8.76. The van der Waals surface area contributed by atoms with Gasteiger partial charge in [-0.3, -0.25) is 38.3 Å². The number of aliphatic hydroxyl groups is 1. The predicted molar refractivity (Wildman–Crippen MR) is 207 cm³/mol. The SMILES string of the molecule is COC(COP(O)OP(=O)(O)OP(=O)(O)O)C(O)Cn1cc(C#CCNC(=O)CCSSCCCCC(=O)NC(CC(=O)O)C(=O)NC(CC(=O)O)C(=O)O)c(=O)[nH]c1=O. The summed E-state index contributed by atoms with van der Waals surface area (Å²) < 4.78 is 40.4. The van der Waals surface area contributed by atoms with Crippen LogP contribution in [0.2, 0.25) is 0 Å². The van der Waals surface area contributed by atoms with Crippen LogP contribution in [0.5, 0.6) is 0 Å². The van der Waals surface area contributed by atoms with Crippen LogP contribution in [-0.4, -0.2) is 141 Å². The number of aliphatic hydroxyl groups excluding tert-OH is 1. The van der Waals surface area contributed by atoms with Crippen molar-refractivity contribution in [3.05, 3.63) is 32.6 Å². The molecule has 0 aliphatic heterocycles.